The van der Waals surface area contributed by atoms with Gasteiger partial charge in [-0.2, -0.15) is 0 Å². The maximum atomic E-state index is 12.0. The zero-order valence-electron chi connectivity index (χ0n) is 13.0. The largest absolute Gasteiger partial charge is 0.464 e. The smallest absolute Gasteiger partial charge is 0.202 e. The minimum Gasteiger partial charge on any atom is -0.464 e. The lowest BCUT2D eigenvalue weighted by atomic mass is 9.87. The molecule has 22 heavy (non-hydrogen) atoms. The summed E-state index contributed by atoms with van der Waals surface area (Å²) >= 11 is 0. The van der Waals surface area contributed by atoms with Gasteiger partial charge in [-0.05, 0) is 35.2 Å². The molecular weight excluding hydrogens is 296 g/mol. The molecule has 0 saturated heterocycles. The van der Waals surface area contributed by atoms with Gasteiger partial charge in [-0.3, -0.25) is 0 Å². The van der Waals surface area contributed by atoms with Crippen LogP contribution in [0.2, 0.25) is 0 Å². The highest BCUT2D eigenvalue weighted by molar-refractivity contribution is 7.94. The fraction of sp³-hybridized carbons (Fsp3) is 0.222. The molecule has 0 N–H and O–H groups in total. The van der Waals surface area contributed by atoms with Crippen molar-refractivity contribution >= 4 is 9.84 Å². The van der Waals surface area contributed by atoms with Gasteiger partial charge in [0.1, 0.15) is 12.0 Å². The fourth-order valence-corrected chi connectivity index (χ4v) is 2.80. The molecule has 0 fully saturated rings. The van der Waals surface area contributed by atoms with E-state index in [-0.39, 0.29) is 10.3 Å². The Balaban J connectivity index is 2.07. The summed E-state index contributed by atoms with van der Waals surface area (Å²) in [6.45, 7) is 6.40. The summed E-state index contributed by atoms with van der Waals surface area (Å²) in [5, 5.41) is 1.07. The maximum absolute atomic E-state index is 12.0. The third kappa shape index (κ3) is 4.21. The van der Waals surface area contributed by atoms with E-state index in [4.69, 9.17) is 4.74 Å². The number of hydrogen-bond acceptors (Lipinski definition) is 3. The van der Waals surface area contributed by atoms with Crippen molar-refractivity contribution < 1.29 is 13.2 Å². The Bertz CT molecular complexity index is 737. The van der Waals surface area contributed by atoms with Crippen LogP contribution in [0, 0.1) is 0 Å². The molecule has 0 aliphatic rings. The van der Waals surface area contributed by atoms with E-state index in [1.165, 1.54) is 11.8 Å². The third-order valence-electron chi connectivity index (χ3n) is 3.23. The highest BCUT2D eigenvalue weighted by Crippen LogP contribution is 2.24. The van der Waals surface area contributed by atoms with Crippen LogP contribution in [0.25, 0.3) is 0 Å². The summed E-state index contributed by atoms with van der Waals surface area (Å²) in [4.78, 5) is 0.248. The molecule has 0 aromatic heterocycles. The monoisotopic (exact) mass is 316 g/mol. The van der Waals surface area contributed by atoms with Crippen LogP contribution in [0.4, 0.5) is 0 Å². The first-order valence-corrected chi connectivity index (χ1v) is 8.57. The van der Waals surface area contributed by atoms with Crippen LogP contribution >= 0.6 is 0 Å². The van der Waals surface area contributed by atoms with E-state index in [1.807, 2.05) is 24.3 Å². The van der Waals surface area contributed by atoms with Crippen LogP contribution in [0.15, 0.2) is 71.2 Å². The Kier molecular flexibility index (Phi) is 4.71. The van der Waals surface area contributed by atoms with Gasteiger partial charge in [-0.15, -0.1) is 0 Å². The molecule has 0 heterocycles. The SMILES string of the molecule is CC(C)(C)c1ccc(O/C=C/S(=O)(=O)c2ccccc2)cc1. The first-order chi connectivity index (χ1) is 10.3. The average molecular weight is 316 g/mol. The summed E-state index contributed by atoms with van der Waals surface area (Å²) < 4.78 is 29.5. The van der Waals surface area contributed by atoms with Gasteiger partial charge in [0.25, 0.3) is 0 Å². The average Bonchev–Trinajstić information content (AvgIpc) is 2.48. The van der Waals surface area contributed by atoms with E-state index in [2.05, 4.69) is 20.8 Å². The Morgan fingerprint density at radius 3 is 2.05 bits per heavy atom. The van der Waals surface area contributed by atoms with Crippen LogP contribution in [-0.2, 0) is 15.3 Å². The number of ether oxygens (including phenoxy) is 1. The summed E-state index contributed by atoms with van der Waals surface area (Å²) in [7, 11) is -3.47. The standard InChI is InChI=1S/C18H20O3S/c1-18(2,3)15-9-11-16(12-10-15)21-13-14-22(19,20)17-7-5-4-6-8-17/h4-14H,1-3H3/b14-13+. The van der Waals surface area contributed by atoms with Gasteiger partial charge in [0.15, 0.2) is 0 Å². The lowest BCUT2D eigenvalue weighted by molar-refractivity contribution is 0.480. The van der Waals surface area contributed by atoms with Crippen molar-refractivity contribution in [3.63, 3.8) is 0 Å². The van der Waals surface area contributed by atoms with Gasteiger partial charge in [0.05, 0.1) is 10.3 Å². The molecule has 0 amide bonds. The molecule has 116 valence electrons. The van der Waals surface area contributed by atoms with E-state index < -0.39 is 9.84 Å². The molecule has 2 aromatic carbocycles. The molecule has 3 nitrogen and oxygen atoms in total. The van der Waals surface area contributed by atoms with Crippen LogP contribution in [-0.4, -0.2) is 8.42 Å². The van der Waals surface area contributed by atoms with E-state index in [9.17, 15) is 8.42 Å². The summed E-state index contributed by atoms with van der Waals surface area (Å²) in [5.74, 6) is 0.604. The lowest BCUT2D eigenvalue weighted by Crippen LogP contribution is -2.10. The molecule has 4 heteroatoms. The quantitative estimate of drug-likeness (QED) is 0.790. The predicted molar refractivity (Wildman–Crippen MR) is 88.5 cm³/mol. The van der Waals surface area contributed by atoms with Gasteiger partial charge in [0.2, 0.25) is 9.84 Å². The predicted octanol–water partition coefficient (Wildman–Crippen LogP) is 4.31. The van der Waals surface area contributed by atoms with E-state index in [0.717, 1.165) is 5.41 Å². The Hall–Kier alpha value is -2.07. The first-order valence-electron chi connectivity index (χ1n) is 7.03. The van der Waals surface area contributed by atoms with Gasteiger partial charge >= 0.3 is 0 Å². The third-order valence-corrected chi connectivity index (χ3v) is 4.63. The van der Waals surface area contributed by atoms with Crippen molar-refractivity contribution in [2.24, 2.45) is 0 Å². The van der Waals surface area contributed by atoms with Crippen molar-refractivity contribution in [2.75, 3.05) is 0 Å². The van der Waals surface area contributed by atoms with Crippen molar-refractivity contribution in [1.29, 1.82) is 0 Å². The molecule has 0 unspecified atom stereocenters. The Labute approximate surface area is 132 Å². The van der Waals surface area contributed by atoms with E-state index in [0.29, 0.717) is 5.75 Å². The Morgan fingerprint density at radius 1 is 0.909 bits per heavy atom. The molecule has 0 aliphatic heterocycles. The second kappa shape index (κ2) is 6.36. The Morgan fingerprint density at radius 2 is 1.50 bits per heavy atom. The molecular formula is C18H20O3S. The second-order valence-corrected chi connectivity index (χ2v) is 7.86. The highest BCUT2D eigenvalue weighted by atomic mass is 32.2. The number of sulfone groups is 1. The fourth-order valence-electron chi connectivity index (χ4n) is 1.90. The van der Waals surface area contributed by atoms with Gasteiger partial charge in [0, 0.05) is 0 Å². The van der Waals surface area contributed by atoms with Gasteiger partial charge in [-0.1, -0.05) is 51.1 Å². The summed E-state index contributed by atoms with van der Waals surface area (Å²) in [6, 6.07) is 15.9. The summed E-state index contributed by atoms with van der Waals surface area (Å²) in [5.41, 5.74) is 1.27. The minimum atomic E-state index is -3.47. The number of benzene rings is 2. The molecule has 0 radical (unpaired) electrons. The molecule has 0 bridgehead atoms. The number of rotatable bonds is 4. The van der Waals surface area contributed by atoms with Gasteiger partial charge in [-0.25, -0.2) is 8.42 Å². The lowest BCUT2D eigenvalue weighted by Gasteiger charge is -2.18. The van der Waals surface area contributed by atoms with E-state index >= 15 is 0 Å². The topological polar surface area (TPSA) is 43.4 Å². The zero-order valence-corrected chi connectivity index (χ0v) is 13.8. The molecule has 0 atom stereocenters. The molecule has 2 rings (SSSR count). The highest BCUT2D eigenvalue weighted by Gasteiger charge is 2.13. The van der Waals surface area contributed by atoms with Crippen LogP contribution in [0.3, 0.4) is 0 Å². The van der Waals surface area contributed by atoms with Crippen molar-refractivity contribution in [2.45, 2.75) is 31.1 Å². The molecule has 0 aliphatic carbocycles. The zero-order chi connectivity index (χ0) is 16.2. The van der Waals surface area contributed by atoms with Crippen molar-refractivity contribution in [3.8, 4) is 5.75 Å². The molecule has 2 aromatic rings. The van der Waals surface area contributed by atoms with Crippen molar-refractivity contribution in [1.82, 2.24) is 0 Å². The summed E-state index contributed by atoms with van der Waals surface area (Å²) in [6.07, 6.45) is 1.20. The first kappa shape index (κ1) is 16.3. The normalized spacial score (nSPS) is 12.5. The minimum absolute atomic E-state index is 0.0744. The molecule has 0 spiro atoms. The second-order valence-electron chi connectivity index (χ2n) is 6.02. The maximum Gasteiger partial charge on any atom is 0.202 e. The molecule has 0 saturated carbocycles. The van der Waals surface area contributed by atoms with Gasteiger partial charge < -0.3 is 4.74 Å². The van der Waals surface area contributed by atoms with Crippen LogP contribution < -0.4 is 4.74 Å². The van der Waals surface area contributed by atoms with Crippen molar-refractivity contribution in [3.05, 3.63) is 71.8 Å². The van der Waals surface area contributed by atoms with Crippen LogP contribution in [0.5, 0.6) is 5.75 Å². The number of hydrogen-bond donors (Lipinski definition) is 0. The van der Waals surface area contributed by atoms with E-state index in [1.54, 1.807) is 30.3 Å². The van der Waals surface area contributed by atoms with Crippen LogP contribution in [0.1, 0.15) is 26.3 Å².